The molecule has 1 aliphatic carbocycles. The summed E-state index contributed by atoms with van der Waals surface area (Å²) in [6.45, 7) is 1.91. The highest BCUT2D eigenvalue weighted by molar-refractivity contribution is 6.04. The van der Waals surface area contributed by atoms with Crippen LogP contribution in [0.1, 0.15) is 35.3 Å². The van der Waals surface area contributed by atoms with Gasteiger partial charge in [0.15, 0.2) is 0 Å². The number of pyridine rings is 1. The van der Waals surface area contributed by atoms with Crippen LogP contribution in [0.3, 0.4) is 0 Å². The molecule has 26 heavy (non-hydrogen) atoms. The van der Waals surface area contributed by atoms with Crippen LogP contribution < -0.4 is 11.1 Å². The number of nitrogens with zero attached hydrogens (tertiary/aromatic N) is 2. The molecule has 1 heterocycles. The number of carbonyl (C=O) groups excluding carboxylic acids is 1. The van der Waals surface area contributed by atoms with Crippen molar-refractivity contribution >= 4 is 17.3 Å². The molecule has 5 nitrogen and oxygen atoms in total. The fourth-order valence-electron chi connectivity index (χ4n) is 2.98. The van der Waals surface area contributed by atoms with Gasteiger partial charge >= 0.3 is 0 Å². The molecule has 1 amide bonds. The van der Waals surface area contributed by atoms with Crippen molar-refractivity contribution in [3.63, 3.8) is 0 Å². The standard InChI is InChI=1S/C20H21FN4O/c1-13-9-10-19(23-12-13)20(26)25-17-8-4-7-16(14(17)11-22)24-18-6-3-2-5-15(18)21/h2-3,5-6,9-12,17H,4,7-8,22H2,1H3,(H,25,26). The highest BCUT2D eigenvalue weighted by atomic mass is 19.1. The molecule has 1 saturated carbocycles. The molecular weight excluding hydrogens is 331 g/mol. The molecule has 0 radical (unpaired) electrons. The number of benzene rings is 1. The van der Waals surface area contributed by atoms with Gasteiger partial charge in [0.2, 0.25) is 0 Å². The van der Waals surface area contributed by atoms with Gasteiger partial charge in [-0.3, -0.25) is 9.78 Å². The van der Waals surface area contributed by atoms with Crippen LogP contribution in [0.4, 0.5) is 10.1 Å². The van der Waals surface area contributed by atoms with E-state index < -0.39 is 0 Å². The Morgan fingerprint density at radius 3 is 2.85 bits per heavy atom. The van der Waals surface area contributed by atoms with E-state index in [0.29, 0.717) is 17.8 Å². The van der Waals surface area contributed by atoms with Crippen molar-refractivity contribution in [1.82, 2.24) is 10.3 Å². The molecule has 134 valence electrons. The summed E-state index contributed by atoms with van der Waals surface area (Å²) in [6, 6.07) is 9.61. The summed E-state index contributed by atoms with van der Waals surface area (Å²) in [5.74, 6) is -0.645. The van der Waals surface area contributed by atoms with Crippen molar-refractivity contribution in [3.05, 3.63) is 71.4 Å². The van der Waals surface area contributed by atoms with E-state index in [2.05, 4.69) is 15.3 Å². The number of aliphatic imine (C=N–C) groups is 1. The molecule has 0 saturated heterocycles. The Morgan fingerprint density at radius 1 is 1.35 bits per heavy atom. The van der Waals surface area contributed by atoms with Crippen molar-refractivity contribution in [2.45, 2.75) is 32.2 Å². The maximum absolute atomic E-state index is 13.9. The lowest BCUT2D eigenvalue weighted by atomic mass is 9.88. The van der Waals surface area contributed by atoms with E-state index in [1.54, 1.807) is 30.5 Å². The first-order chi connectivity index (χ1) is 12.6. The number of hydrogen-bond donors (Lipinski definition) is 2. The van der Waals surface area contributed by atoms with Gasteiger partial charge in [-0.15, -0.1) is 0 Å². The highest BCUT2D eigenvalue weighted by Crippen LogP contribution is 2.26. The second-order valence-corrected chi connectivity index (χ2v) is 6.27. The first-order valence-electron chi connectivity index (χ1n) is 8.56. The van der Waals surface area contributed by atoms with Crippen molar-refractivity contribution in [3.8, 4) is 0 Å². The van der Waals surface area contributed by atoms with Crippen LogP contribution in [-0.2, 0) is 0 Å². The Bertz CT molecular complexity index is 858. The first kappa shape index (κ1) is 17.8. The largest absolute Gasteiger partial charge is 0.404 e. The minimum absolute atomic E-state index is 0.263. The molecule has 1 aromatic carbocycles. The number of para-hydroxylation sites is 1. The van der Waals surface area contributed by atoms with Crippen molar-refractivity contribution in [2.24, 2.45) is 10.7 Å². The number of halogens is 1. The topological polar surface area (TPSA) is 80.4 Å². The van der Waals surface area contributed by atoms with Crippen LogP contribution in [0.15, 0.2) is 59.4 Å². The zero-order valence-electron chi connectivity index (χ0n) is 14.6. The molecular formula is C20H21FN4O. The predicted octanol–water partition coefficient (Wildman–Crippen LogP) is 3.43. The van der Waals surface area contributed by atoms with E-state index in [1.165, 1.54) is 12.3 Å². The number of nitrogens with two attached hydrogens (primary N) is 1. The Hall–Kier alpha value is -3.02. The quantitative estimate of drug-likeness (QED) is 0.888. The van der Waals surface area contributed by atoms with Gasteiger partial charge in [-0.25, -0.2) is 9.38 Å². The lowest BCUT2D eigenvalue weighted by Gasteiger charge is -2.27. The monoisotopic (exact) mass is 352 g/mol. The Kier molecular flexibility index (Phi) is 5.41. The van der Waals surface area contributed by atoms with Crippen LogP contribution in [-0.4, -0.2) is 22.6 Å². The smallest absolute Gasteiger partial charge is 0.270 e. The van der Waals surface area contributed by atoms with Gasteiger partial charge in [-0.05, 0) is 49.9 Å². The zero-order valence-corrected chi connectivity index (χ0v) is 14.6. The summed E-state index contributed by atoms with van der Waals surface area (Å²) in [5.41, 5.74) is 8.84. The van der Waals surface area contributed by atoms with Gasteiger partial charge < -0.3 is 11.1 Å². The lowest BCUT2D eigenvalue weighted by molar-refractivity contribution is 0.0936. The molecule has 6 heteroatoms. The molecule has 1 unspecified atom stereocenters. The lowest BCUT2D eigenvalue weighted by Crippen LogP contribution is -2.41. The highest BCUT2D eigenvalue weighted by Gasteiger charge is 2.26. The van der Waals surface area contributed by atoms with Crippen LogP contribution >= 0.6 is 0 Å². The minimum Gasteiger partial charge on any atom is -0.404 e. The number of nitrogens with one attached hydrogen (secondary N) is 1. The number of amides is 1. The average molecular weight is 352 g/mol. The molecule has 1 aromatic heterocycles. The molecule has 1 atom stereocenters. The van der Waals surface area contributed by atoms with Gasteiger partial charge in [0.05, 0.1) is 11.7 Å². The maximum Gasteiger partial charge on any atom is 0.270 e. The number of aryl methyl sites for hydroxylation is 1. The number of rotatable bonds is 3. The van der Waals surface area contributed by atoms with E-state index >= 15 is 0 Å². The summed E-state index contributed by atoms with van der Waals surface area (Å²) in [6.07, 6.45) is 5.37. The third-order valence-corrected chi connectivity index (χ3v) is 4.35. The molecule has 0 bridgehead atoms. The fourth-order valence-corrected chi connectivity index (χ4v) is 2.98. The van der Waals surface area contributed by atoms with E-state index in [9.17, 15) is 9.18 Å². The molecule has 3 rings (SSSR count). The van der Waals surface area contributed by atoms with Crippen LogP contribution in [0, 0.1) is 12.7 Å². The summed E-state index contributed by atoms with van der Waals surface area (Å²) >= 11 is 0. The van der Waals surface area contributed by atoms with Crippen molar-refractivity contribution in [2.75, 3.05) is 0 Å². The van der Waals surface area contributed by atoms with Gasteiger partial charge in [-0.2, -0.15) is 0 Å². The number of aromatic nitrogens is 1. The van der Waals surface area contributed by atoms with E-state index in [-0.39, 0.29) is 23.5 Å². The van der Waals surface area contributed by atoms with Crippen molar-refractivity contribution < 1.29 is 9.18 Å². The zero-order chi connectivity index (χ0) is 18.5. The molecule has 1 aliphatic rings. The Balaban J connectivity index is 1.81. The van der Waals surface area contributed by atoms with Gasteiger partial charge in [-0.1, -0.05) is 18.2 Å². The molecule has 0 spiro atoms. The third kappa shape index (κ3) is 3.96. The van der Waals surface area contributed by atoms with Crippen molar-refractivity contribution in [1.29, 1.82) is 0 Å². The SMILES string of the molecule is Cc1ccc(C(=O)NC2CCCC(=Nc3ccccc3F)C2=CN)nc1. The predicted molar refractivity (Wildman–Crippen MR) is 99.8 cm³/mol. The Labute approximate surface area is 151 Å². The second-order valence-electron chi connectivity index (χ2n) is 6.27. The molecule has 2 aromatic rings. The summed E-state index contributed by atoms with van der Waals surface area (Å²) < 4.78 is 13.9. The third-order valence-electron chi connectivity index (χ3n) is 4.35. The summed E-state index contributed by atoms with van der Waals surface area (Å²) in [7, 11) is 0. The molecule has 1 fully saturated rings. The van der Waals surface area contributed by atoms with Gasteiger partial charge in [0.1, 0.15) is 11.5 Å². The summed E-state index contributed by atoms with van der Waals surface area (Å²) in [5, 5.41) is 2.96. The first-order valence-corrected chi connectivity index (χ1v) is 8.56. The minimum atomic E-state index is -0.383. The maximum atomic E-state index is 13.9. The van der Waals surface area contributed by atoms with Gasteiger partial charge in [0.25, 0.3) is 5.91 Å². The fraction of sp³-hybridized carbons (Fsp3) is 0.250. The number of hydrogen-bond acceptors (Lipinski definition) is 4. The van der Waals surface area contributed by atoms with Gasteiger partial charge in [0, 0.05) is 23.7 Å². The van der Waals surface area contributed by atoms with Crippen LogP contribution in [0.2, 0.25) is 0 Å². The van der Waals surface area contributed by atoms with E-state index in [1.807, 2.05) is 13.0 Å². The average Bonchev–Trinajstić information content (AvgIpc) is 2.64. The Morgan fingerprint density at radius 2 is 2.15 bits per heavy atom. The number of carbonyl (C=O) groups is 1. The normalized spacial score (nSPS) is 20.3. The molecule has 0 aliphatic heterocycles. The van der Waals surface area contributed by atoms with E-state index in [4.69, 9.17) is 5.73 Å². The van der Waals surface area contributed by atoms with Crippen LogP contribution in [0.5, 0.6) is 0 Å². The molecule has 3 N–H and O–H groups in total. The van der Waals surface area contributed by atoms with Crippen LogP contribution in [0.25, 0.3) is 0 Å². The summed E-state index contributed by atoms with van der Waals surface area (Å²) in [4.78, 5) is 21.1. The van der Waals surface area contributed by atoms with E-state index in [0.717, 1.165) is 24.0 Å². The second kappa shape index (κ2) is 7.91.